The molecule has 0 spiro atoms. The zero-order valence-corrected chi connectivity index (χ0v) is 10.4. The summed E-state index contributed by atoms with van der Waals surface area (Å²) in [7, 11) is 3.31. The second kappa shape index (κ2) is 5.83. The average molecular weight is 215 g/mol. The Kier molecular flexibility index (Phi) is 5.03. The summed E-state index contributed by atoms with van der Waals surface area (Å²) < 4.78 is 10.5. The molecule has 1 fully saturated rings. The van der Waals surface area contributed by atoms with Crippen molar-refractivity contribution < 1.29 is 9.47 Å². The molecule has 15 heavy (non-hydrogen) atoms. The number of hydrogen-bond donors (Lipinski definition) is 1. The zero-order valence-electron chi connectivity index (χ0n) is 10.4. The maximum absolute atomic E-state index is 6.19. The van der Waals surface area contributed by atoms with Crippen LogP contribution in [0.25, 0.3) is 0 Å². The highest BCUT2D eigenvalue weighted by Crippen LogP contribution is 2.35. The van der Waals surface area contributed by atoms with E-state index in [0.29, 0.717) is 5.92 Å². The molecule has 0 heterocycles. The van der Waals surface area contributed by atoms with Gasteiger partial charge in [-0.25, -0.2) is 0 Å². The van der Waals surface area contributed by atoms with Crippen LogP contribution >= 0.6 is 0 Å². The van der Waals surface area contributed by atoms with E-state index in [1.54, 1.807) is 14.2 Å². The van der Waals surface area contributed by atoms with Gasteiger partial charge in [0.25, 0.3) is 0 Å². The number of methoxy groups -OCH3 is 2. The Morgan fingerprint density at radius 3 is 1.87 bits per heavy atom. The Balaban J connectivity index is 2.53. The predicted octanol–water partition coefficient (Wildman–Crippen LogP) is 2.00. The minimum Gasteiger partial charge on any atom is -0.354 e. The number of rotatable bonds is 4. The van der Waals surface area contributed by atoms with E-state index in [1.165, 1.54) is 19.3 Å². The van der Waals surface area contributed by atoms with Crippen LogP contribution in [0.2, 0.25) is 0 Å². The molecular weight excluding hydrogens is 190 g/mol. The Morgan fingerprint density at radius 2 is 1.47 bits per heavy atom. The highest BCUT2D eigenvalue weighted by Gasteiger charge is 2.32. The molecule has 1 rings (SSSR count). The van der Waals surface area contributed by atoms with E-state index in [0.717, 1.165) is 11.8 Å². The third kappa shape index (κ3) is 3.44. The van der Waals surface area contributed by atoms with Gasteiger partial charge in [-0.3, -0.25) is 0 Å². The van der Waals surface area contributed by atoms with E-state index in [9.17, 15) is 0 Å². The molecule has 3 heteroatoms. The van der Waals surface area contributed by atoms with Crippen molar-refractivity contribution in [1.82, 2.24) is 0 Å². The minimum absolute atomic E-state index is 0.00481. The monoisotopic (exact) mass is 215 g/mol. The zero-order chi connectivity index (χ0) is 11.4. The van der Waals surface area contributed by atoms with E-state index in [1.807, 2.05) is 0 Å². The number of ether oxygens (including phenoxy) is 2. The van der Waals surface area contributed by atoms with E-state index >= 15 is 0 Å². The van der Waals surface area contributed by atoms with Gasteiger partial charge in [-0.15, -0.1) is 0 Å². The molecule has 0 aromatic heterocycles. The van der Waals surface area contributed by atoms with E-state index < -0.39 is 0 Å². The van der Waals surface area contributed by atoms with Gasteiger partial charge in [-0.2, -0.15) is 0 Å². The maximum atomic E-state index is 6.19. The van der Waals surface area contributed by atoms with Crippen LogP contribution in [0.4, 0.5) is 0 Å². The fraction of sp³-hybridized carbons (Fsp3) is 1.00. The highest BCUT2D eigenvalue weighted by atomic mass is 16.7. The molecule has 90 valence electrons. The normalized spacial score (nSPS) is 34.4. The van der Waals surface area contributed by atoms with Crippen LogP contribution in [-0.4, -0.2) is 26.6 Å². The van der Waals surface area contributed by atoms with Gasteiger partial charge in [0.1, 0.15) is 0 Å². The van der Waals surface area contributed by atoms with Crippen molar-refractivity contribution in [3.63, 3.8) is 0 Å². The standard InChI is InChI=1S/C12H25NO2/c1-8-5-9(2)7-10(6-8)11(13)12(14-3)15-4/h8-12H,5-7,13H2,1-4H3. The van der Waals surface area contributed by atoms with Gasteiger partial charge in [0.05, 0.1) is 6.04 Å². The van der Waals surface area contributed by atoms with Crippen LogP contribution in [-0.2, 0) is 9.47 Å². The minimum atomic E-state index is -0.257. The summed E-state index contributed by atoms with van der Waals surface area (Å²) >= 11 is 0. The Labute approximate surface area is 93.3 Å². The largest absolute Gasteiger partial charge is 0.354 e. The lowest BCUT2D eigenvalue weighted by Crippen LogP contribution is -2.45. The summed E-state index contributed by atoms with van der Waals surface area (Å²) in [5, 5.41) is 0. The summed E-state index contributed by atoms with van der Waals surface area (Å²) in [5.41, 5.74) is 6.19. The first-order valence-electron chi connectivity index (χ1n) is 5.89. The second-order valence-corrected chi connectivity index (χ2v) is 5.09. The van der Waals surface area contributed by atoms with Crippen molar-refractivity contribution >= 4 is 0 Å². The van der Waals surface area contributed by atoms with Crippen LogP contribution in [0.1, 0.15) is 33.1 Å². The maximum Gasteiger partial charge on any atom is 0.172 e. The molecule has 3 nitrogen and oxygen atoms in total. The molecule has 3 unspecified atom stereocenters. The van der Waals surface area contributed by atoms with Gasteiger partial charge >= 0.3 is 0 Å². The molecule has 1 aliphatic rings. The second-order valence-electron chi connectivity index (χ2n) is 5.09. The summed E-state index contributed by atoms with van der Waals surface area (Å²) in [6.45, 7) is 4.62. The average Bonchev–Trinajstić information content (AvgIpc) is 2.18. The van der Waals surface area contributed by atoms with Crippen molar-refractivity contribution in [1.29, 1.82) is 0 Å². The molecule has 0 aliphatic heterocycles. The lowest BCUT2D eigenvalue weighted by Gasteiger charge is -2.37. The van der Waals surface area contributed by atoms with Gasteiger partial charge in [0, 0.05) is 14.2 Å². The molecule has 0 saturated heterocycles. The molecule has 3 atom stereocenters. The molecule has 0 bridgehead atoms. The van der Waals surface area contributed by atoms with Crippen molar-refractivity contribution in [3.8, 4) is 0 Å². The van der Waals surface area contributed by atoms with Gasteiger partial charge in [0.2, 0.25) is 0 Å². The van der Waals surface area contributed by atoms with Crippen LogP contribution in [0.15, 0.2) is 0 Å². The third-order valence-corrected chi connectivity index (χ3v) is 3.54. The van der Waals surface area contributed by atoms with Gasteiger partial charge in [-0.1, -0.05) is 13.8 Å². The molecule has 0 amide bonds. The third-order valence-electron chi connectivity index (χ3n) is 3.54. The predicted molar refractivity (Wildman–Crippen MR) is 61.5 cm³/mol. The van der Waals surface area contributed by atoms with Gasteiger partial charge in [0.15, 0.2) is 6.29 Å². The lowest BCUT2D eigenvalue weighted by atomic mass is 9.74. The van der Waals surface area contributed by atoms with Crippen molar-refractivity contribution in [2.75, 3.05) is 14.2 Å². The molecule has 1 saturated carbocycles. The first-order valence-corrected chi connectivity index (χ1v) is 5.89. The van der Waals surface area contributed by atoms with Crippen LogP contribution in [0.3, 0.4) is 0 Å². The first kappa shape index (κ1) is 12.9. The van der Waals surface area contributed by atoms with Gasteiger partial charge in [-0.05, 0) is 37.0 Å². The molecule has 0 aromatic rings. The number of nitrogens with two attached hydrogens (primary N) is 1. The quantitative estimate of drug-likeness (QED) is 0.730. The molecule has 0 radical (unpaired) electrons. The fourth-order valence-corrected chi connectivity index (χ4v) is 2.96. The van der Waals surface area contributed by atoms with E-state index in [4.69, 9.17) is 15.2 Å². The van der Waals surface area contributed by atoms with E-state index in [2.05, 4.69) is 13.8 Å². The smallest absolute Gasteiger partial charge is 0.172 e. The lowest BCUT2D eigenvalue weighted by molar-refractivity contribution is -0.129. The highest BCUT2D eigenvalue weighted by molar-refractivity contribution is 4.83. The van der Waals surface area contributed by atoms with Gasteiger partial charge < -0.3 is 15.2 Å². The topological polar surface area (TPSA) is 44.5 Å². The Hall–Kier alpha value is -0.120. The number of hydrogen-bond acceptors (Lipinski definition) is 3. The summed E-state index contributed by atoms with van der Waals surface area (Å²) in [6.07, 6.45) is 3.48. The SMILES string of the molecule is COC(OC)C(N)C1CC(C)CC(C)C1. The summed E-state index contributed by atoms with van der Waals surface area (Å²) in [6, 6.07) is 0.00481. The van der Waals surface area contributed by atoms with Crippen molar-refractivity contribution in [2.45, 2.75) is 45.4 Å². The summed E-state index contributed by atoms with van der Waals surface area (Å²) in [4.78, 5) is 0. The molecule has 1 aliphatic carbocycles. The first-order chi connectivity index (χ1) is 7.08. The molecule has 0 aromatic carbocycles. The Bertz CT molecular complexity index is 172. The van der Waals surface area contributed by atoms with Crippen LogP contribution in [0, 0.1) is 17.8 Å². The Morgan fingerprint density at radius 1 is 1.00 bits per heavy atom. The molecular formula is C12H25NO2. The van der Waals surface area contributed by atoms with Crippen molar-refractivity contribution in [2.24, 2.45) is 23.5 Å². The van der Waals surface area contributed by atoms with Crippen molar-refractivity contribution in [3.05, 3.63) is 0 Å². The van der Waals surface area contributed by atoms with Crippen LogP contribution < -0.4 is 5.73 Å². The fourth-order valence-electron chi connectivity index (χ4n) is 2.96. The molecule has 2 N–H and O–H groups in total. The summed E-state index contributed by atoms with van der Waals surface area (Å²) in [5.74, 6) is 2.09. The van der Waals surface area contributed by atoms with Crippen LogP contribution in [0.5, 0.6) is 0 Å². The van der Waals surface area contributed by atoms with E-state index in [-0.39, 0.29) is 12.3 Å².